The number of carbonyl (C=O) groups excluding carboxylic acids is 1. The monoisotopic (exact) mass is 316 g/mol. The van der Waals surface area contributed by atoms with Gasteiger partial charge >= 0.3 is 0 Å². The standard InChI is InChI=1S/C17H24N4O2/c1-11-5-6-14(10-22)21(11)17(23)15-9-12(2)20(13(15)3)16-7-8-19(4)18-16/h7-9,11,14,22H,5-6,10H2,1-4H3/t11-,14-/m1/s1. The number of hydrogen-bond donors (Lipinski definition) is 1. The molecular formula is C17H24N4O2. The number of carbonyl (C=O) groups is 1. The van der Waals surface area contributed by atoms with Gasteiger partial charge in [0.1, 0.15) is 0 Å². The lowest BCUT2D eigenvalue weighted by Gasteiger charge is -2.27. The predicted molar refractivity (Wildman–Crippen MR) is 87.7 cm³/mol. The Kier molecular flexibility index (Phi) is 4.02. The van der Waals surface area contributed by atoms with E-state index in [0.717, 1.165) is 30.0 Å². The van der Waals surface area contributed by atoms with Gasteiger partial charge in [0.25, 0.3) is 5.91 Å². The third-order valence-electron chi connectivity index (χ3n) is 4.82. The van der Waals surface area contributed by atoms with Crippen molar-refractivity contribution in [2.75, 3.05) is 6.61 Å². The number of hydrogen-bond acceptors (Lipinski definition) is 3. The van der Waals surface area contributed by atoms with Crippen molar-refractivity contribution < 1.29 is 9.90 Å². The average molecular weight is 316 g/mol. The quantitative estimate of drug-likeness (QED) is 0.939. The van der Waals surface area contributed by atoms with Gasteiger partial charge in [-0.05, 0) is 39.7 Å². The molecule has 1 N–H and O–H groups in total. The Morgan fingerprint density at radius 3 is 2.74 bits per heavy atom. The molecule has 6 heteroatoms. The van der Waals surface area contributed by atoms with Gasteiger partial charge in [0, 0.05) is 36.7 Å². The van der Waals surface area contributed by atoms with Crippen LogP contribution in [0.1, 0.15) is 41.5 Å². The van der Waals surface area contributed by atoms with E-state index in [0.29, 0.717) is 5.56 Å². The van der Waals surface area contributed by atoms with Crippen molar-refractivity contribution in [3.8, 4) is 5.82 Å². The molecule has 2 atom stereocenters. The summed E-state index contributed by atoms with van der Waals surface area (Å²) in [5.74, 6) is 0.819. The molecule has 6 nitrogen and oxygen atoms in total. The second kappa shape index (κ2) is 5.85. The SMILES string of the molecule is Cc1cc(C(=O)N2[C@@H](CO)CC[C@H]2C)c(C)n1-c1ccn(C)n1. The maximum absolute atomic E-state index is 13.0. The van der Waals surface area contributed by atoms with E-state index in [-0.39, 0.29) is 24.6 Å². The maximum atomic E-state index is 13.0. The molecular weight excluding hydrogens is 292 g/mol. The highest BCUT2D eigenvalue weighted by Crippen LogP contribution is 2.28. The van der Waals surface area contributed by atoms with Gasteiger partial charge in [-0.3, -0.25) is 9.48 Å². The molecule has 0 spiro atoms. The minimum absolute atomic E-state index is 0.00401. The first-order valence-corrected chi connectivity index (χ1v) is 8.06. The molecule has 0 saturated carbocycles. The van der Waals surface area contributed by atoms with Crippen LogP contribution in [0.5, 0.6) is 0 Å². The number of aliphatic hydroxyl groups is 1. The number of rotatable bonds is 3. The van der Waals surface area contributed by atoms with Gasteiger partial charge in [0.05, 0.1) is 18.2 Å². The molecule has 1 saturated heterocycles. The van der Waals surface area contributed by atoms with Gasteiger partial charge in [-0.15, -0.1) is 0 Å². The molecule has 0 bridgehead atoms. The molecule has 1 aliphatic heterocycles. The molecule has 23 heavy (non-hydrogen) atoms. The van der Waals surface area contributed by atoms with Gasteiger partial charge < -0.3 is 14.6 Å². The lowest BCUT2D eigenvalue weighted by Crippen LogP contribution is -2.41. The van der Waals surface area contributed by atoms with Crippen molar-refractivity contribution >= 4 is 5.91 Å². The van der Waals surface area contributed by atoms with Crippen LogP contribution in [0.2, 0.25) is 0 Å². The van der Waals surface area contributed by atoms with Crippen molar-refractivity contribution in [1.29, 1.82) is 0 Å². The zero-order valence-electron chi connectivity index (χ0n) is 14.2. The molecule has 0 unspecified atom stereocenters. The van der Waals surface area contributed by atoms with Crippen LogP contribution < -0.4 is 0 Å². The molecule has 0 aromatic carbocycles. The van der Waals surface area contributed by atoms with Crippen molar-refractivity contribution in [3.05, 3.63) is 35.3 Å². The van der Waals surface area contributed by atoms with Crippen LogP contribution in [0.3, 0.4) is 0 Å². The number of amides is 1. The zero-order chi connectivity index (χ0) is 16.7. The number of nitrogens with zero attached hydrogens (tertiary/aromatic N) is 4. The number of aliphatic hydroxyl groups excluding tert-OH is 1. The van der Waals surface area contributed by atoms with Crippen molar-refractivity contribution in [2.45, 2.75) is 45.7 Å². The van der Waals surface area contributed by atoms with E-state index in [1.165, 1.54) is 0 Å². The summed E-state index contributed by atoms with van der Waals surface area (Å²) in [7, 11) is 1.88. The van der Waals surface area contributed by atoms with Gasteiger partial charge in [-0.25, -0.2) is 0 Å². The molecule has 0 aliphatic carbocycles. The Labute approximate surface area is 136 Å². The predicted octanol–water partition coefficient (Wildman–Crippen LogP) is 1.81. The van der Waals surface area contributed by atoms with Crippen molar-refractivity contribution in [3.63, 3.8) is 0 Å². The first-order chi connectivity index (χ1) is 10.9. The molecule has 2 aromatic heterocycles. The normalized spacial score (nSPS) is 21.2. The van der Waals surface area contributed by atoms with Crippen LogP contribution in [0.25, 0.3) is 5.82 Å². The minimum Gasteiger partial charge on any atom is -0.394 e. The van der Waals surface area contributed by atoms with E-state index < -0.39 is 0 Å². The maximum Gasteiger partial charge on any atom is 0.256 e. The van der Waals surface area contributed by atoms with Crippen LogP contribution in [0, 0.1) is 13.8 Å². The zero-order valence-corrected chi connectivity index (χ0v) is 14.2. The van der Waals surface area contributed by atoms with Crippen molar-refractivity contribution in [1.82, 2.24) is 19.2 Å². The largest absolute Gasteiger partial charge is 0.394 e. The first-order valence-electron chi connectivity index (χ1n) is 8.06. The molecule has 2 aromatic rings. The topological polar surface area (TPSA) is 63.3 Å². The molecule has 0 radical (unpaired) electrons. The van der Waals surface area contributed by atoms with E-state index in [2.05, 4.69) is 5.10 Å². The smallest absolute Gasteiger partial charge is 0.256 e. The lowest BCUT2D eigenvalue weighted by atomic mass is 10.2. The second-order valence-electron chi connectivity index (χ2n) is 6.44. The first kappa shape index (κ1) is 15.8. The second-order valence-corrected chi connectivity index (χ2v) is 6.44. The fourth-order valence-electron chi connectivity index (χ4n) is 3.61. The van der Waals surface area contributed by atoms with E-state index in [4.69, 9.17) is 0 Å². The summed E-state index contributed by atoms with van der Waals surface area (Å²) in [4.78, 5) is 14.9. The lowest BCUT2D eigenvalue weighted by molar-refractivity contribution is 0.0611. The van der Waals surface area contributed by atoms with E-state index >= 15 is 0 Å². The van der Waals surface area contributed by atoms with Crippen LogP contribution >= 0.6 is 0 Å². The third kappa shape index (κ3) is 2.57. The highest BCUT2D eigenvalue weighted by molar-refractivity contribution is 5.96. The Morgan fingerprint density at radius 2 is 2.13 bits per heavy atom. The molecule has 1 aliphatic rings. The fourth-order valence-corrected chi connectivity index (χ4v) is 3.61. The van der Waals surface area contributed by atoms with Crippen LogP contribution in [-0.2, 0) is 7.05 Å². The van der Waals surface area contributed by atoms with Gasteiger partial charge in [-0.1, -0.05) is 0 Å². The summed E-state index contributed by atoms with van der Waals surface area (Å²) in [6, 6.07) is 3.95. The molecule has 3 rings (SSSR count). The summed E-state index contributed by atoms with van der Waals surface area (Å²) in [5.41, 5.74) is 2.57. The molecule has 124 valence electrons. The van der Waals surface area contributed by atoms with E-state index in [1.807, 2.05) is 55.6 Å². The number of aromatic nitrogens is 3. The summed E-state index contributed by atoms with van der Waals surface area (Å²) >= 11 is 0. The van der Waals surface area contributed by atoms with Crippen LogP contribution in [-0.4, -0.2) is 49.0 Å². The Bertz CT molecular complexity index is 731. The summed E-state index contributed by atoms with van der Waals surface area (Å²) in [6.45, 7) is 6.00. The number of likely N-dealkylation sites (tertiary alicyclic amines) is 1. The Balaban J connectivity index is 1.99. The van der Waals surface area contributed by atoms with Gasteiger partial charge in [0.2, 0.25) is 0 Å². The van der Waals surface area contributed by atoms with Gasteiger partial charge in [-0.2, -0.15) is 5.10 Å². The summed E-state index contributed by atoms with van der Waals surface area (Å²) in [5, 5.41) is 14.0. The number of aryl methyl sites for hydroxylation is 2. The Morgan fingerprint density at radius 1 is 1.39 bits per heavy atom. The average Bonchev–Trinajstić information content (AvgIpc) is 3.17. The van der Waals surface area contributed by atoms with Crippen LogP contribution in [0.4, 0.5) is 0 Å². The highest BCUT2D eigenvalue weighted by atomic mass is 16.3. The molecule has 1 fully saturated rings. The Hall–Kier alpha value is -2.08. The molecule has 3 heterocycles. The van der Waals surface area contributed by atoms with Gasteiger partial charge in [0.15, 0.2) is 5.82 Å². The van der Waals surface area contributed by atoms with Crippen LogP contribution in [0.15, 0.2) is 18.3 Å². The molecule has 1 amide bonds. The van der Waals surface area contributed by atoms with E-state index in [1.54, 1.807) is 4.68 Å². The summed E-state index contributed by atoms with van der Waals surface area (Å²) in [6.07, 6.45) is 3.69. The highest BCUT2D eigenvalue weighted by Gasteiger charge is 2.35. The van der Waals surface area contributed by atoms with E-state index in [9.17, 15) is 9.90 Å². The van der Waals surface area contributed by atoms with Crippen molar-refractivity contribution in [2.24, 2.45) is 7.05 Å². The fraction of sp³-hybridized carbons (Fsp3) is 0.529. The third-order valence-corrected chi connectivity index (χ3v) is 4.82. The summed E-state index contributed by atoms with van der Waals surface area (Å²) < 4.78 is 3.75. The minimum atomic E-state index is -0.0737.